The van der Waals surface area contributed by atoms with E-state index < -0.39 is 46.6 Å². The summed E-state index contributed by atoms with van der Waals surface area (Å²) in [5, 5.41) is 11.8. The molecule has 9 atom stereocenters. The number of halogens is 1. The average molecular weight is 432 g/mol. The minimum absolute atomic E-state index is 0.129. The van der Waals surface area contributed by atoms with Crippen molar-refractivity contribution >= 4 is 17.5 Å². The highest BCUT2D eigenvalue weighted by Crippen LogP contribution is 2.76. The van der Waals surface area contributed by atoms with Gasteiger partial charge in [-0.2, -0.15) is 0 Å². The van der Waals surface area contributed by atoms with Crippen LogP contribution in [0.1, 0.15) is 47.0 Å². The summed E-state index contributed by atoms with van der Waals surface area (Å²) in [4.78, 5) is 36.3. The first kappa shape index (κ1) is 21.0. The fraction of sp³-hybridized carbons (Fsp3) is 0.708. The van der Waals surface area contributed by atoms with Crippen LogP contribution >= 0.6 is 0 Å². The lowest BCUT2D eigenvalue weighted by molar-refractivity contribution is -0.171. The van der Waals surface area contributed by atoms with E-state index in [4.69, 9.17) is 9.47 Å². The lowest BCUT2D eigenvalue weighted by Crippen LogP contribution is -2.63. The molecule has 7 heteroatoms. The lowest BCUT2D eigenvalue weighted by atomic mass is 9.46. The Morgan fingerprint density at radius 1 is 1.29 bits per heavy atom. The number of hydrogen-bond donors (Lipinski definition) is 1. The van der Waals surface area contributed by atoms with Gasteiger partial charge in [-0.1, -0.05) is 19.9 Å². The maximum atomic E-state index is 15.4. The van der Waals surface area contributed by atoms with Crippen molar-refractivity contribution in [3.63, 3.8) is 0 Å². The number of carbonyl (C=O) groups is 3. The number of Topliss-reactive ketones (excluding diaryl/α,β-unsaturated/α-hetero) is 1. The molecule has 5 rings (SSSR count). The van der Waals surface area contributed by atoms with Crippen LogP contribution in [-0.2, 0) is 23.9 Å². The molecule has 31 heavy (non-hydrogen) atoms. The zero-order chi connectivity index (χ0) is 22.6. The van der Waals surface area contributed by atoms with E-state index in [1.165, 1.54) is 19.1 Å². The first-order chi connectivity index (χ1) is 14.4. The molecule has 5 aliphatic rings. The van der Waals surface area contributed by atoms with Gasteiger partial charge in [0.15, 0.2) is 12.4 Å². The largest absolute Gasteiger partial charge is 0.458 e. The fourth-order valence-corrected chi connectivity index (χ4v) is 7.85. The van der Waals surface area contributed by atoms with Gasteiger partial charge in [-0.3, -0.25) is 14.4 Å². The van der Waals surface area contributed by atoms with Gasteiger partial charge in [0, 0.05) is 17.8 Å². The monoisotopic (exact) mass is 432 g/mol. The molecule has 3 saturated carbocycles. The van der Waals surface area contributed by atoms with Crippen LogP contribution in [0.5, 0.6) is 0 Å². The fourth-order valence-electron chi connectivity index (χ4n) is 7.85. The summed E-state index contributed by atoms with van der Waals surface area (Å²) >= 11 is 0. The third-order valence-corrected chi connectivity index (χ3v) is 9.33. The average Bonchev–Trinajstić information content (AvgIpc) is 3.38. The molecule has 1 aliphatic heterocycles. The van der Waals surface area contributed by atoms with Gasteiger partial charge in [-0.25, -0.2) is 4.39 Å². The number of rotatable bonds is 3. The second kappa shape index (κ2) is 6.13. The van der Waals surface area contributed by atoms with Crippen LogP contribution in [0.3, 0.4) is 0 Å². The summed E-state index contributed by atoms with van der Waals surface area (Å²) in [6, 6.07) is 0. The molecule has 4 fully saturated rings. The SMILES string of the molecule is CC(=O)OCC(=O)[C@@]1(O)[C@H](C)CC2C3C[C@H](F)C4=CC(=O)C=C[C@]4(C)[C@@]34O[C@H]4C[C@@]21C. The maximum Gasteiger partial charge on any atom is 0.303 e. The van der Waals surface area contributed by atoms with Crippen molar-refractivity contribution in [2.24, 2.45) is 28.6 Å². The van der Waals surface area contributed by atoms with Crippen molar-refractivity contribution in [2.75, 3.05) is 6.61 Å². The smallest absolute Gasteiger partial charge is 0.303 e. The normalized spacial score (nSPS) is 51.7. The van der Waals surface area contributed by atoms with Crippen molar-refractivity contribution < 1.29 is 33.4 Å². The molecule has 0 amide bonds. The molecule has 2 unspecified atom stereocenters. The lowest BCUT2D eigenvalue weighted by Gasteiger charge is -2.56. The Kier molecular flexibility index (Phi) is 4.16. The Morgan fingerprint density at radius 3 is 2.68 bits per heavy atom. The third kappa shape index (κ3) is 2.31. The molecule has 0 radical (unpaired) electrons. The van der Waals surface area contributed by atoms with Gasteiger partial charge >= 0.3 is 5.97 Å². The number of ketones is 2. The molecule has 6 nitrogen and oxygen atoms in total. The Balaban J connectivity index is 1.55. The van der Waals surface area contributed by atoms with Crippen molar-refractivity contribution in [2.45, 2.75) is 70.4 Å². The Hall–Kier alpha value is -1.86. The van der Waals surface area contributed by atoms with E-state index in [1.807, 2.05) is 20.8 Å². The van der Waals surface area contributed by atoms with Crippen molar-refractivity contribution in [1.82, 2.24) is 0 Å². The van der Waals surface area contributed by atoms with E-state index in [1.54, 1.807) is 6.08 Å². The molecular formula is C24H29FO6. The molecule has 1 spiro atoms. The summed E-state index contributed by atoms with van der Waals surface area (Å²) in [6.45, 7) is 6.45. The number of ether oxygens (including phenoxy) is 2. The number of epoxide rings is 1. The second-order valence-corrected chi connectivity index (χ2v) is 10.6. The third-order valence-electron chi connectivity index (χ3n) is 9.33. The highest BCUT2D eigenvalue weighted by molar-refractivity contribution is 6.01. The number of alkyl halides is 1. The van der Waals surface area contributed by atoms with Gasteiger partial charge in [-0.15, -0.1) is 0 Å². The molecule has 0 aromatic carbocycles. The molecule has 4 aliphatic carbocycles. The minimum Gasteiger partial charge on any atom is -0.458 e. The molecule has 1 saturated heterocycles. The molecular weight excluding hydrogens is 403 g/mol. The summed E-state index contributed by atoms with van der Waals surface area (Å²) in [5.41, 5.74) is -3.35. The second-order valence-electron chi connectivity index (χ2n) is 10.6. The maximum absolute atomic E-state index is 15.4. The van der Waals surface area contributed by atoms with Crippen molar-refractivity contribution in [3.05, 3.63) is 23.8 Å². The van der Waals surface area contributed by atoms with Crippen LogP contribution in [0.15, 0.2) is 23.8 Å². The van der Waals surface area contributed by atoms with E-state index in [-0.39, 0.29) is 36.1 Å². The number of allylic oxidation sites excluding steroid dienone is 2. The van der Waals surface area contributed by atoms with E-state index in [0.29, 0.717) is 18.4 Å². The molecule has 168 valence electrons. The van der Waals surface area contributed by atoms with Crippen LogP contribution < -0.4 is 0 Å². The Labute approximate surface area is 180 Å². The summed E-state index contributed by atoms with van der Waals surface area (Å²) < 4.78 is 26.7. The number of hydrogen-bond acceptors (Lipinski definition) is 6. The summed E-state index contributed by atoms with van der Waals surface area (Å²) in [5.74, 6) is -1.96. The van der Waals surface area contributed by atoms with Gasteiger partial charge in [0.1, 0.15) is 17.4 Å². The molecule has 0 bridgehead atoms. The topological polar surface area (TPSA) is 93.2 Å². The summed E-state index contributed by atoms with van der Waals surface area (Å²) in [7, 11) is 0. The number of aliphatic hydroxyl groups is 1. The van der Waals surface area contributed by atoms with E-state index >= 15 is 4.39 Å². The minimum atomic E-state index is -1.67. The van der Waals surface area contributed by atoms with Gasteiger partial charge in [0.2, 0.25) is 5.78 Å². The zero-order valence-corrected chi connectivity index (χ0v) is 18.3. The van der Waals surface area contributed by atoms with Crippen LogP contribution in [0, 0.1) is 28.6 Å². The van der Waals surface area contributed by atoms with Gasteiger partial charge in [-0.05, 0) is 61.7 Å². The predicted molar refractivity (Wildman–Crippen MR) is 108 cm³/mol. The van der Waals surface area contributed by atoms with E-state index in [9.17, 15) is 19.5 Å². The van der Waals surface area contributed by atoms with Crippen LogP contribution in [0.2, 0.25) is 0 Å². The van der Waals surface area contributed by atoms with Crippen LogP contribution in [0.4, 0.5) is 4.39 Å². The molecule has 0 aromatic heterocycles. The first-order valence-corrected chi connectivity index (χ1v) is 11.1. The van der Waals surface area contributed by atoms with Crippen molar-refractivity contribution in [1.29, 1.82) is 0 Å². The highest BCUT2D eigenvalue weighted by Gasteiger charge is 2.82. The standard InChI is InChI=1S/C24H29FO6/c1-12-7-15-16-9-18(25)17-8-14(27)5-6-21(17,3)24(16)20(31-24)10-22(15,4)23(12,29)19(28)11-30-13(2)26/h5-6,8,12,15-16,18,20,29H,7,9-11H2,1-4H3/t12-,15?,16?,18+,20+,21+,22+,23+,24-/m1/s1. The molecule has 1 N–H and O–H groups in total. The zero-order valence-electron chi connectivity index (χ0n) is 18.3. The van der Waals surface area contributed by atoms with Crippen LogP contribution in [-0.4, -0.2) is 52.7 Å². The van der Waals surface area contributed by atoms with Gasteiger partial charge in [0.05, 0.1) is 6.10 Å². The Bertz CT molecular complexity index is 956. The van der Waals surface area contributed by atoms with Crippen molar-refractivity contribution in [3.8, 4) is 0 Å². The van der Waals surface area contributed by atoms with Gasteiger partial charge < -0.3 is 14.6 Å². The highest BCUT2D eigenvalue weighted by atomic mass is 19.1. The Morgan fingerprint density at radius 2 is 2.00 bits per heavy atom. The van der Waals surface area contributed by atoms with Crippen LogP contribution in [0.25, 0.3) is 0 Å². The molecule has 1 heterocycles. The van der Waals surface area contributed by atoms with Gasteiger partial charge in [0.25, 0.3) is 0 Å². The van der Waals surface area contributed by atoms with E-state index in [0.717, 1.165) is 0 Å². The first-order valence-electron chi connectivity index (χ1n) is 11.1. The summed E-state index contributed by atoms with van der Waals surface area (Å²) in [6.07, 6.45) is 4.42. The number of esters is 1. The van der Waals surface area contributed by atoms with E-state index in [2.05, 4.69) is 0 Å². The predicted octanol–water partition coefficient (Wildman–Crippen LogP) is 2.48. The number of carbonyl (C=O) groups excluding carboxylic acids is 3. The molecule has 0 aromatic rings. The number of fused-ring (bicyclic) bond motifs is 3. The quantitative estimate of drug-likeness (QED) is 0.544.